The number of rotatable bonds is 5. The van der Waals surface area contributed by atoms with E-state index in [0.29, 0.717) is 13.2 Å². The van der Waals surface area contributed by atoms with Gasteiger partial charge in [0.25, 0.3) is 0 Å². The average Bonchev–Trinajstić information content (AvgIpc) is 3.11. The summed E-state index contributed by atoms with van der Waals surface area (Å²) in [5, 5.41) is 0. The number of ether oxygens (including phenoxy) is 2. The minimum atomic E-state index is -0.964. The molecule has 0 N–H and O–H groups in total. The van der Waals surface area contributed by atoms with Gasteiger partial charge in [0.1, 0.15) is 17.0 Å². The summed E-state index contributed by atoms with van der Waals surface area (Å²) in [5.41, 5.74) is 1.03. The van der Waals surface area contributed by atoms with Crippen LogP contribution in [0.4, 0.5) is 0 Å². The molecule has 0 bridgehead atoms. The molecule has 168 valence electrons. The number of hydrogen-bond acceptors (Lipinski definition) is 4. The Hall–Kier alpha value is -3.02. The molecule has 2 saturated heterocycles. The van der Waals surface area contributed by atoms with Crippen molar-refractivity contribution in [2.45, 2.75) is 44.2 Å². The van der Waals surface area contributed by atoms with Crippen LogP contribution in [0, 0.1) is 5.92 Å². The summed E-state index contributed by atoms with van der Waals surface area (Å²) in [5.74, 6) is 1.34. The predicted molar refractivity (Wildman–Crippen MR) is 121 cm³/mol. The predicted octanol–water partition coefficient (Wildman–Crippen LogP) is 3.77. The summed E-state index contributed by atoms with van der Waals surface area (Å²) in [6, 6.07) is 15.6. The number of hydrogen-bond donors (Lipinski definition) is 0. The Morgan fingerprint density at radius 2 is 1.94 bits per heavy atom. The van der Waals surface area contributed by atoms with E-state index in [2.05, 4.69) is 19.1 Å². The highest BCUT2D eigenvalue weighted by molar-refractivity contribution is 6.00. The van der Waals surface area contributed by atoms with Crippen LogP contribution in [0.1, 0.15) is 49.8 Å². The van der Waals surface area contributed by atoms with Crippen molar-refractivity contribution in [3.05, 3.63) is 59.7 Å². The van der Waals surface area contributed by atoms with Gasteiger partial charge in [0.15, 0.2) is 0 Å². The van der Waals surface area contributed by atoms with Gasteiger partial charge in [0, 0.05) is 23.9 Å². The molecule has 6 nitrogen and oxygen atoms in total. The van der Waals surface area contributed by atoms with Gasteiger partial charge in [-0.1, -0.05) is 43.7 Å². The van der Waals surface area contributed by atoms with E-state index >= 15 is 0 Å². The lowest BCUT2D eigenvalue weighted by molar-refractivity contribution is -0.163. The van der Waals surface area contributed by atoms with Gasteiger partial charge in [-0.25, -0.2) is 0 Å². The van der Waals surface area contributed by atoms with Crippen molar-refractivity contribution >= 4 is 11.8 Å². The first-order valence-electron chi connectivity index (χ1n) is 11.5. The molecule has 2 fully saturated rings. The van der Waals surface area contributed by atoms with Crippen molar-refractivity contribution in [2.24, 2.45) is 5.92 Å². The highest BCUT2D eigenvalue weighted by Crippen LogP contribution is 2.60. The zero-order valence-corrected chi connectivity index (χ0v) is 18.9. The number of amides is 2. The van der Waals surface area contributed by atoms with Crippen LogP contribution in [0.2, 0.25) is 0 Å². The number of unbranched alkanes of at least 4 members (excludes halogenated alkanes) is 1. The summed E-state index contributed by atoms with van der Waals surface area (Å²) < 4.78 is 11.7. The van der Waals surface area contributed by atoms with E-state index in [1.807, 2.05) is 48.2 Å². The van der Waals surface area contributed by atoms with Crippen molar-refractivity contribution in [1.82, 2.24) is 9.80 Å². The van der Waals surface area contributed by atoms with Crippen LogP contribution in [0.3, 0.4) is 0 Å². The molecule has 3 aliphatic rings. The quantitative estimate of drug-likeness (QED) is 0.719. The Morgan fingerprint density at radius 1 is 1.16 bits per heavy atom. The van der Waals surface area contributed by atoms with E-state index in [4.69, 9.17) is 9.47 Å². The second kappa shape index (κ2) is 7.84. The van der Waals surface area contributed by atoms with Gasteiger partial charge in [0.2, 0.25) is 11.8 Å². The van der Waals surface area contributed by atoms with E-state index < -0.39 is 5.54 Å². The molecule has 2 amide bonds. The molecule has 4 atom stereocenters. The van der Waals surface area contributed by atoms with Crippen LogP contribution >= 0.6 is 0 Å². The van der Waals surface area contributed by atoms with Crippen LogP contribution in [-0.2, 0) is 9.59 Å². The Labute approximate surface area is 189 Å². The first kappa shape index (κ1) is 20.9. The lowest BCUT2D eigenvalue weighted by atomic mass is 9.73. The van der Waals surface area contributed by atoms with Gasteiger partial charge in [-0.3, -0.25) is 9.59 Å². The van der Waals surface area contributed by atoms with Crippen molar-refractivity contribution in [1.29, 1.82) is 0 Å². The molecule has 6 heteroatoms. The third kappa shape index (κ3) is 2.92. The smallest absolute Gasteiger partial charge is 0.249 e. The molecule has 2 aromatic carbocycles. The van der Waals surface area contributed by atoms with Crippen LogP contribution in [0.25, 0.3) is 0 Å². The van der Waals surface area contributed by atoms with Gasteiger partial charge in [-0.05, 0) is 37.1 Å². The van der Waals surface area contributed by atoms with Crippen molar-refractivity contribution in [2.75, 3.05) is 26.8 Å². The largest absolute Gasteiger partial charge is 0.497 e. The number of nitrogens with zero attached hydrogens (tertiary/aromatic N) is 2. The molecule has 5 rings (SSSR count). The number of piperazine rings is 1. The average molecular weight is 435 g/mol. The molecule has 3 aliphatic heterocycles. The number of methoxy groups -OCH3 is 1. The molecule has 32 heavy (non-hydrogen) atoms. The van der Waals surface area contributed by atoms with Crippen molar-refractivity contribution < 1.29 is 19.1 Å². The Morgan fingerprint density at radius 3 is 2.66 bits per heavy atom. The molecular formula is C26H30N2O4. The monoisotopic (exact) mass is 434 g/mol. The van der Waals surface area contributed by atoms with Gasteiger partial charge in [0.05, 0.1) is 26.3 Å². The van der Waals surface area contributed by atoms with Gasteiger partial charge < -0.3 is 19.3 Å². The number of benzene rings is 2. The summed E-state index contributed by atoms with van der Waals surface area (Å²) >= 11 is 0. The Balaban J connectivity index is 1.68. The molecule has 3 heterocycles. The highest BCUT2D eigenvalue weighted by Gasteiger charge is 2.66. The maximum Gasteiger partial charge on any atom is 0.249 e. The fourth-order valence-electron chi connectivity index (χ4n) is 6.03. The van der Waals surface area contributed by atoms with Crippen LogP contribution in [0.15, 0.2) is 48.5 Å². The van der Waals surface area contributed by atoms with Gasteiger partial charge in [-0.2, -0.15) is 0 Å². The maximum absolute atomic E-state index is 14.0. The molecule has 0 saturated carbocycles. The molecule has 0 radical (unpaired) electrons. The SMILES string of the molecule is CCCCN1CC(=O)N2[C@@H]3c4cc(OC)ccc4OC[C@@H]3[C@H](c3ccccc3)[C@]2(C)C1=O. The minimum Gasteiger partial charge on any atom is -0.497 e. The second-order valence-electron chi connectivity index (χ2n) is 9.20. The summed E-state index contributed by atoms with van der Waals surface area (Å²) in [6.07, 6.45) is 1.87. The van der Waals surface area contributed by atoms with E-state index in [-0.39, 0.29) is 36.2 Å². The zero-order valence-electron chi connectivity index (χ0n) is 18.9. The first-order valence-corrected chi connectivity index (χ1v) is 11.5. The van der Waals surface area contributed by atoms with E-state index in [9.17, 15) is 9.59 Å². The van der Waals surface area contributed by atoms with E-state index in [1.54, 1.807) is 12.0 Å². The molecule has 0 aromatic heterocycles. The molecular weight excluding hydrogens is 404 g/mol. The fraction of sp³-hybridized carbons (Fsp3) is 0.462. The molecule has 2 aromatic rings. The third-order valence-corrected chi connectivity index (χ3v) is 7.44. The first-order chi connectivity index (χ1) is 15.5. The van der Waals surface area contributed by atoms with Crippen LogP contribution < -0.4 is 9.47 Å². The highest BCUT2D eigenvalue weighted by atomic mass is 16.5. The van der Waals surface area contributed by atoms with Gasteiger partial charge >= 0.3 is 0 Å². The topological polar surface area (TPSA) is 59.1 Å². The van der Waals surface area contributed by atoms with E-state index in [0.717, 1.165) is 35.5 Å². The molecule has 0 unspecified atom stereocenters. The normalized spacial score (nSPS) is 28.7. The number of fused-ring (bicyclic) bond motifs is 5. The lowest BCUT2D eigenvalue weighted by Gasteiger charge is -2.47. The number of carbonyl (C=O) groups is 2. The van der Waals surface area contributed by atoms with Crippen LogP contribution in [-0.4, -0.2) is 54.0 Å². The van der Waals surface area contributed by atoms with Crippen molar-refractivity contribution in [3.8, 4) is 11.5 Å². The fourth-order valence-corrected chi connectivity index (χ4v) is 6.03. The molecule has 0 spiro atoms. The Kier molecular flexibility index (Phi) is 5.11. The number of carbonyl (C=O) groups excluding carboxylic acids is 2. The van der Waals surface area contributed by atoms with E-state index in [1.165, 1.54) is 0 Å². The second-order valence-corrected chi connectivity index (χ2v) is 9.20. The van der Waals surface area contributed by atoms with Crippen molar-refractivity contribution in [3.63, 3.8) is 0 Å². The van der Waals surface area contributed by atoms with Crippen LogP contribution in [0.5, 0.6) is 11.5 Å². The zero-order chi connectivity index (χ0) is 22.5. The van der Waals surface area contributed by atoms with Gasteiger partial charge in [-0.15, -0.1) is 0 Å². The molecule has 0 aliphatic carbocycles. The third-order valence-electron chi connectivity index (χ3n) is 7.44. The lowest BCUT2D eigenvalue weighted by Crippen LogP contribution is -2.66. The maximum atomic E-state index is 14.0. The minimum absolute atomic E-state index is 0.00676. The summed E-state index contributed by atoms with van der Waals surface area (Å²) in [7, 11) is 1.63. The Bertz CT molecular complexity index is 1040. The summed E-state index contributed by atoms with van der Waals surface area (Å²) in [6.45, 7) is 5.27. The summed E-state index contributed by atoms with van der Waals surface area (Å²) in [4.78, 5) is 31.3. The standard InChI is InChI=1S/C26H30N2O4/c1-4-5-13-27-15-22(29)28-24-19-14-18(31-3)11-12-21(19)32-16-20(24)23(26(28,2)25(27)30)17-9-7-6-8-10-17/h6-12,14,20,23-24H,4-5,13,15-16H2,1-3H3/t20-,23+,24-,26-/m1/s1.